The first kappa shape index (κ1) is 21.1. The van der Waals surface area contributed by atoms with E-state index < -0.39 is 10.0 Å². The normalized spacial score (nSPS) is 17.2. The van der Waals surface area contributed by atoms with Crippen LogP contribution in [0.3, 0.4) is 0 Å². The number of carbonyl (C=O) groups is 1. The van der Waals surface area contributed by atoms with E-state index >= 15 is 0 Å². The zero-order valence-electron chi connectivity index (χ0n) is 15.4. The van der Waals surface area contributed by atoms with Crippen LogP contribution in [0.1, 0.15) is 31.4 Å². The lowest BCUT2D eigenvalue weighted by molar-refractivity contribution is -0.126. The van der Waals surface area contributed by atoms with E-state index in [9.17, 15) is 13.2 Å². The van der Waals surface area contributed by atoms with Crippen molar-refractivity contribution >= 4 is 39.1 Å². The van der Waals surface area contributed by atoms with Crippen LogP contribution in [0, 0.1) is 5.92 Å². The average Bonchev–Trinajstić information content (AvgIpc) is 2.68. The van der Waals surface area contributed by atoms with Gasteiger partial charge in [-0.3, -0.25) is 4.79 Å². The largest absolute Gasteiger partial charge is 0.349 e. The topological polar surface area (TPSA) is 66.5 Å². The summed E-state index contributed by atoms with van der Waals surface area (Å²) in [5.41, 5.74) is 1.03. The van der Waals surface area contributed by atoms with E-state index in [4.69, 9.17) is 23.2 Å². The lowest BCUT2D eigenvalue weighted by Crippen LogP contribution is -2.43. The Morgan fingerprint density at radius 1 is 1.04 bits per heavy atom. The number of benzene rings is 2. The van der Waals surface area contributed by atoms with Crippen molar-refractivity contribution in [3.8, 4) is 0 Å². The molecule has 1 fully saturated rings. The molecule has 150 valence electrons. The van der Waals surface area contributed by atoms with Gasteiger partial charge in [-0.05, 0) is 37.5 Å². The highest BCUT2D eigenvalue weighted by Crippen LogP contribution is 2.33. The Morgan fingerprint density at radius 3 is 2.18 bits per heavy atom. The summed E-state index contributed by atoms with van der Waals surface area (Å²) in [6, 6.07) is 14.2. The van der Waals surface area contributed by atoms with Gasteiger partial charge in [0.2, 0.25) is 15.9 Å². The van der Waals surface area contributed by atoms with Gasteiger partial charge in [0.25, 0.3) is 0 Å². The summed E-state index contributed by atoms with van der Waals surface area (Å²) >= 11 is 12.1. The second kappa shape index (κ2) is 8.82. The standard InChI is InChI=1S/C20H22Cl2N2O3S/c1-14(15-6-3-2-4-7-15)23-20(25)16-10-12-24(13-11-16)28(26,27)19-17(21)8-5-9-18(19)22/h2-9,14,16H,10-13H2,1H3,(H,23,25). The first-order chi connectivity index (χ1) is 13.3. The molecular weight excluding hydrogens is 419 g/mol. The van der Waals surface area contributed by atoms with Crippen LogP contribution < -0.4 is 5.32 Å². The maximum atomic E-state index is 12.9. The fourth-order valence-corrected chi connectivity index (χ4v) is 5.93. The van der Waals surface area contributed by atoms with Gasteiger partial charge in [0.15, 0.2) is 0 Å². The number of piperidine rings is 1. The lowest BCUT2D eigenvalue weighted by Gasteiger charge is -2.31. The zero-order chi connectivity index (χ0) is 20.3. The summed E-state index contributed by atoms with van der Waals surface area (Å²) in [4.78, 5) is 12.5. The molecule has 2 aromatic rings. The molecule has 28 heavy (non-hydrogen) atoms. The molecule has 1 saturated heterocycles. The van der Waals surface area contributed by atoms with E-state index in [1.165, 1.54) is 16.4 Å². The van der Waals surface area contributed by atoms with Crippen molar-refractivity contribution in [2.45, 2.75) is 30.7 Å². The molecule has 0 radical (unpaired) electrons. The summed E-state index contributed by atoms with van der Waals surface area (Å²) in [5, 5.41) is 3.22. The fraction of sp³-hybridized carbons (Fsp3) is 0.350. The molecule has 1 atom stereocenters. The number of rotatable bonds is 5. The molecule has 0 aromatic heterocycles. The third-order valence-electron chi connectivity index (χ3n) is 5.00. The lowest BCUT2D eigenvalue weighted by atomic mass is 9.96. The molecule has 0 spiro atoms. The Balaban J connectivity index is 1.63. The van der Waals surface area contributed by atoms with Crippen LogP contribution in [0.15, 0.2) is 53.4 Å². The van der Waals surface area contributed by atoms with Gasteiger partial charge in [-0.25, -0.2) is 8.42 Å². The smallest absolute Gasteiger partial charge is 0.246 e. The Morgan fingerprint density at radius 2 is 1.61 bits per heavy atom. The molecule has 1 aliphatic heterocycles. The Labute approximate surface area is 175 Å². The minimum absolute atomic E-state index is 0.0517. The molecule has 8 heteroatoms. The number of halogens is 2. The van der Waals surface area contributed by atoms with E-state index in [2.05, 4.69) is 5.32 Å². The van der Waals surface area contributed by atoms with Gasteiger partial charge in [-0.15, -0.1) is 0 Å². The van der Waals surface area contributed by atoms with Gasteiger partial charge in [0.1, 0.15) is 4.90 Å². The minimum atomic E-state index is -3.80. The van der Waals surface area contributed by atoms with Gasteiger partial charge in [0.05, 0.1) is 16.1 Å². The van der Waals surface area contributed by atoms with Gasteiger partial charge in [-0.2, -0.15) is 4.31 Å². The fourth-order valence-electron chi connectivity index (χ4n) is 3.37. The molecule has 5 nitrogen and oxygen atoms in total. The number of carbonyl (C=O) groups excluding carboxylic acids is 1. The molecule has 1 unspecified atom stereocenters. The van der Waals surface area contributed by atoms with Gasteiger partial charge < -0.3 is 5.32 Å². The number of sulfonamides is 1. The number of amides is 1. The third kappa shape index (κ3) is 4.51. The number of hydrogen-bond acceptors (Lipinski definition) is 3. The zero-order valence-corrected chi connectivity index (χ0v) is 17.8. The van der Waals surface area contributed by atoms with E-state index in [1.54, 1.807) is 6.07 Å². The second-order valence-corrected chi connectivity index (χ2v) is 9.56. The number of nitrogens with zero attached hydrogens (tertiary/aromatic N) is 1. The number of nitrogens with one attached hydrogen (secondary N) is 1. The van der Waals surface area contributed by atoms with Crippen LogP contribution in [-0.2, 0) is 14.8 Å². The maximum absolute atomic E-state index is 12.9. The summed E-state index contributed by atoms with van der Waals surface area (Å²) in [6.07, 6.45) is 0.906. The van der Waals surface area contributed by atoms with E-state index in [-0.39, 0.29) is 45.9 Å². The Hall–Kier alpha value is -1.60. The summed E-state index contributed by atoms with van der Waals surface area (Å²) in [7, 11) is -3.80. The quantitative estimate of drug-likeness (QED) is 0.754. The second-order valence-electron chi connectivity index (χ2n) is 6.87. The molecule has 1 amide bonds. The third-order valence-corrected chi connectivity index (χ3v) is 7.85. The molecule has 1 heterocycles. The summed E-state index contributed by atoms with van der Waals surface area (Å²) < 4.78 is 27.2. The molecule has 0 saturated carbocycles. The van der Waals surface area contributed by atoms with Gasteiger partial charge >= 0.3 is 0 Å². The minimum Gasteiger partial charge on any atom is -0.349 e. The van der Waals surface area contributed by atoms with Crippen LogP contribution in [0.2, 0.25) is 10.0 Å². The highest BCUT2D eigenvalue weighted by Gasteiger charge is 2.34. The summed E-state index contributed by atoms with van der Waals surface area (Å²) in [6.45, 7) is 2.44. The van der Waals surface area contributed by atoms with Crippen molar-refractivity contribution in [3.63, 3.8) is 0 Å². The maximum Gasteiger partial charge on any atom is 0.246 e. The van der Waals surface area contributed by atoms with E-state index in [1.807, 2.05) is 37.3 Å². The Bertz CT molecular complexity index is 923. The predicted octanol–water partition coefficient (Wildman–Crippen LogP) is 4.27. The average molecular weight is 441 g/mol. The molecule has 0 aliphatic carbocycles. The van der Waals surface area contributed by atoms with Gasteiger partial charge in [-0.1, -0.05) is 59.6 Å². The number of hydrogen-bond donors (Lipinski definition) is 1. The summed E-state index contributed by atoms with van der Waals surface area (Å²) in [5.74, 6) is -0.275. The van der Waals surface area contributed by atoms with Crippen molar-refractivity contribution in [3.05, 3.63) is 64.1 Å². The first-order valence-corrected chi connectivity index (χ1v) is 11.3. The predicted molar refractivity (Wildman–Crippen MR) is 111 cm³/mol. The van der Waals surface area contributed by atoms with Crippen LogP contribution >= 0.6 is 23.2 Å². The SMILES string of the molecule is CC(NC(=O)C1CCN(S(=O)(=O)c2c(Cl)cccc2Cl)CC1)c1ccccc1. The van der Waals surface area contributed by atoms with Crippen molar-refractivity contribution < 1.29 is 13.2 Å². The van der Waals surface area contributed by atoms with Crippen molar-refractivity contribution in [2.75, 3.05) is 13.1 Å². The Kier molecular flexibility index (Phi) is 6.65. The highest BCUT2D eigenvalue weighted by molar-refractivity contribution is 7.89. The van der Waals surface area contributed by atoms with E-state index in [0.29, 0.717) is 12.8 Å². The van der Waals surface area contributed by atoms with Crippen molar-refractivity contribution in [1.29, 1.82) is 0 Å². The molecule has 2 aromatic carbocycles. The molecule has 3 rings (SSSR count). The molecular formula is C20H22Cl2N2O3S. The van der Waals surface area contributed by atoms with Crippen molar-refractivity contribution in [2.24, 2.45) is 5.92 Å². The monoisotopic (exact) mass is 440 g/mol. The van der Waals surface area contributed by atoms with Crippen molar-refractivity contribution in [1.82, 2.24) is 9.62 Å². The van der Waals surface area contributed by atoms with Gasteiger partial charge in [0, 0.05) is 19.0 Å². The molecule has 1 aliphatic rings. The van der Waals surface area contributed by atoms with Crippen LogP contribution in [0.25, 0.3) is 0 Å². The highest BCUT2D eigenvalue weighted by atomic mass is 35.5. The van der Waals surface area contributed by atoms with Crippen LogP contribution in [-0.4, -0.2) is 31.7 Å². The van der Waals surface area contributed by atoms with Crippen LogP contribution in [0.5, 0.6) is 0 Å². The first-order valence-electron chi connectivity index (χ1n) is 9.10. The molecule has 1 N–H and O–H groups in total. The van der Waals surface area contributed by atoms with E-state index in [0.717, 1.165) is 5.56 Å². The van der Waals surface area contributed by atoms with Crippen LogP contribution in [0.4, 0.5) is 0 Å². The molecule has 0 bridgehead atoms.